The van der Waals surface area contributed by atoms with Gasteiger partial charge in [0.1, 0.15) is 5.75 Å². The van der Waals surface area contributed by atoms with Gasteiger partial charge in [-0.2, -0.15) is 0 Å². The minimum atomic E-state index is -0.819. The van der Waals surface area contributed by atoms with E-state index in [9.17, 15) is 9.90 Å². The van der Waals surface area contributed by atoms with Crippen LogP contribution in [-0.2, 0) is 4.79 Å². The molecule has 1 unspecified atom stereocenters. The fourth-order valence-electron chi connectivity index (χ4n) is 1.67. The number of carboxylic acid groups (broad SMARTS) is 1. The first-order chi connectivity index (χ1) is 7.29. The molecule has 3 heteroatoms. The number of rotatable bonds is 3. The van der Waals surface area contributed by atoms with E-state index in [2.05, 4.69) is 0 Å². The van der Waals surface area contributed by atoms with Gasteiger partial charge in [0.2, 0.25) is 0 Å². The summed E-state index contributed by atoms with van der Waals surface area (Å²) in [5.41, 5.74) is 0.696. The smallest absolute Gasteiger partial charge is 0.310 e. The normalized spacial score (nSPS) is 13.4. The third-order valence-electron chi connectivity index (χ3n) is 2.41. The van der Waals surface area contributed by atoms with Gasteiger partial charge in [0, 0.05) is 0 Å². The topological polar surface area (TPSA) is 57.5 Å². The highest BCUT2D eigenvalue weighted by Gasteiger charge is 2.25. The average Bonchev–Trinajstić information content (AvgIpc) is 2.14. The number of aliphatic carboxylic acids is 1. The van der Waals surface area contributed by atoms with Gasteiger partial charge in [0.15, 0.2) is 0 Å². The lowest BCUT2D eigenvalue weighted by molar-refractivity contribution is -0.139. The molecular weight excluding hydrogens is 204 g/mol. The van der Waals surface area contributed by atoms with Crippen LogP contribution < -0.4 is 0 Å². The number of benzene rings is 1. The Morgan fingerprint density at radius 3 is 2.12 bits per heavy atom. The molecular formula is C13H18O3. The van der Waals surface area contributed by atoms with Gasteiger partial charge < -0.3 is 10.2 Å². The van der Waals surface area contributed by atoms with Crippen LogP contribution in [0.1, 0.15) is 38.7 Å². The number of phenols is 1. The molecule has 1 aromatic rings. The van der Waals surface area contributed by atoms with Gasteiger partial charge >= 0.3 is 5.97 Å². The minimum absolute atomic E-state index is 0.0407. The first-order valence-electron chi connectivity index (χ1n) is 5.31. The van der Waals surface area contributed by atoms with E-state index in [0.29, 0.717) is 6.42 Å². The van der Waals surface area contributed by atoms with Crippen molar-refractivity contribution >= 4 is 5.97 Å². The zero-order valence-corrected chi connectivity index (χ0v) is 9.90. The molecule has 0 aliphatic rings. The van der Waals surface area contributed by atoms with E-state index in [1.165, 1.54) is 12.1 Å². The van der Waals surface area contributed by atoms with Crippen LogP contribution in [0.3, 0.4) is 0 Å². The molecule has 0 bridgehead atoms. The van der Waals surface area contributed by atoms with Gasteiger partial charge in [-0.15, -0.1) is 0 Å². The van der Waals surface area contributed by atoms with Crippen molar-refractivity contribution in [1.29, 1.82) is 0 Å². The summed E-state index contributed by atoms with van der Waals surface area (Å²) < 4.78 is 0. The third-order valence-corrected chi connectivity index (χ3v) is 2.41. The predicted molar refractivity (Wildman–Crippen MR) is 62.6 cm³/mol. The van der Waals surface area contributed by atoms with Crippen molar-refractivity contribution < 1.29 is 15.0 Å². The van der Waals surface area contributed by atoms with Crippen molar-refractivity contribution in [2.75, 3.05) is 0 Å². The van der Waals surface area contributed by atoms with Crippen LogP contribution >= 0.6 is 0 Å². The molecule has 16 heavy (non-hydrogen) atoms. The predicted octanol–water partition coefficient (Wildman–Crippen LogP) is 3.00. The summed E-state index contributed by atoms with van der Waals surface area (Å²) >= 11 is 0. The van der Waals surface area contributed by atoms with Crippen LogP contribution in [0, 0.1) is 5.41 Å². The summed E-state index contributed by atoms with van der Waals surface area (Å²) in [5, 5.41) is 18.4. The molecule has 1 atom stereocenters. The Hall–Kier alpha value is -1.51. The highest BCUT2D eigenvalue weighted by atomic mass is 16.4. The second-order valence-electron chi connectivity index (χ2n) is 5.25. The number of aromatic hydroxyl groups is 1. The van der Waals surface area contributed by atoms with E-state index < -0.39 is 11.9 Å². The molecule has 0 heterocycles. The summed E-state index contributed by atoms with van der Waals surface area (Å²) in [4.78, 5) is 11.2. The van der Waals surface area contributed by atoms with E-state index in [1.54, 1.807) is 12.1 Å². The van der Waals surface area contributed by atoms with Crippen LogP contribution in [0.2, 0.25) is 0 Å². The molecule has 0 saturated carbocycles. The molecule has 0 saturated heterocycles. The molecule has 2 N–H and O–H groups in total. The summed E-state index contributed by atoms with van der Waals surface area (Å²) in [6.45, 7) is 6.05. The quantitative estimate of drug-likeness (QED) is 0.826. The maximum absolute atomic E-state index is 11.2. The maximum Gasteiger partial charge on any atom is 0.310 e. The Balaban J connectivity index is 2.94. The van der Waals surface area contributed by atoms with Crippen molar-refractivity contribution in [1.82, 2.24) is 0 Å². The number of carboxylic acids is 1. The van der Waals surface area contributed by atoms with Crippen molar-refractivity contribution in [3.8, 4) is 5.75 Å². The number of phenolic OH excluding ortho intramolecular Hbond substituents is 1. The van der Waals surface area contributed by atoms with Crippen molar-refractivity contribution in [2.24, 2.45) is 5.41 Å². The van der Waals surface area contributed by atoms with E-state index in [4.69, 9.17) is 5.11 Å². The molecule has 0 fully saturated rings. The largest absolute Gasteiger partial charge is 0.508 e. The first kappa shape index (κ1) is 12.6. The van der Waals surface area contributed by atoms with Crippen LogP contribution in [0.4, 0.5) is 0 Å². The van der Waals surface area contributed by atoms with E-state index in [1.807, 2.05) is 20.8 Å². The van der Waals surface area contributed by atoms with Gasteiger partial charge in [-0.3, -0.25) is 4.79 Å². The fraction of sp³-hybridized carbons (Fsp3) is 0.462. The molecule has 0 amide bonds. The van der Waals surface area contributed by atoms with Crippen LogP contribution in [0.25, 0.3) is 0 Å². The number of carbonyl (C=O) groups is 1. The van der Waals surface area contributed by atoms with Crippen molar-refractivity contribution in [3.05, 3.63) is 29.8 Å². The van der Waals surface area contributed by atoms with Gasteiger partial charge in [-0.1, -0.05) is 32.9 Å². The van der Waals surface area contributed by atoms with E-state index in [-0.39, 0.29) is 11.2 Å². The zero-order valence-electron chi connectivity index (χ0n) is 9.90. The van der Waals surface area contributed by atoms with Crippen LogP contribution in [0.5, 0.6) is 5.75 Å². The molecule has 0 aromatic heterocycles. The average molecular weight is 222 g/mol. The Labute approximate surface area is 95.7 Å². The van der Waals surface area contributed by atoms with Gasteiger partial charge in [-0.25, -0.2) is 0 Å². The number of hydrogen-bond donors (Lipinski definition) is 2. The maximum atomic E-state index is 11.2. The Morgan fingerprint density at radius 2 is 1.75 bits per heavy atom. The van der Waals surface area contributed by atoms with Gasteiger partial charge in [0.25, 0.3) is 0 Å². The summed E-state index contributed by atoms with van der Waals surface area (Å²) in [6, 6.07) is 6.38. The lowest BCUT2D eigenvalue weighted by Crippen LogP contribution is -2.19. The van der Waals surface area contributed by atoms with Crippen molar-refractivity contribution in [2.45, 2.75) is 33.1 Å². The highest BCUT2D eigenvalue weighted by molar-refractivity contribution is 5.76. The van der Waals surface area contributed by atoms with E-state index in [0.717, 1.165) is 5.56 Å². The second kappa shape index (κ2) is 4.56. The Morgan fingerprint density at radius 1 is 1.25 bits per heavy atom. The molecule has 88 valence electrons. The van der Waals surface area contributed by atoms with Gasteiger partial charge in [0.05, 0.1) is 5.92 Å². The highest BCUT2D eigenvalue weighted by Crippen LogP contribution is 2.31. The molecule has 0 radical (unpaired) electrons. The molecule has 0 spiro atoms. The lowest BCUT2D eigenvalue weighted by Gasteiger charge is -2.23. The Bertz CT molecular complexity index is 360. The monoisotopic (exact) mass is 222 g/mol. The van der Waals surface area contributed by atoms with Crippen LogP contribution in [-0.4, -0.2) is 16.2 Å². The standard InChI is InChI=1S/C13H18O3/c1-13(2,3)8-11(12(15)16)9-4-6-10(14)7-5-9/h4-7,11,14H,8H2,1-3H3,(H,15,16). The van der Waals surface area contributed by atoms with Crippen LogP contribution in [0.15, 0.2) is 24.3 Å². The molecule has 3 nitrogen and oxygen atoms in total. The number of hydrogen-bond acceptors (Lipinski definition) is 2. The third kappa shape index (κ3) is 3.57. The van der Waals surface area contributed by atoms with Gasteiger partial charge in [-0.05, 0) is 29.5 Å². The zero-order chi connectivity index (χ0) is 12.3. The molecule has 0 aliphatic carbocycles. The van der Waals surface area contributed by atoms with Crippen molar-refractivity contribution in [3.63, 3.8) is 0 Å². The second-order valence-corrected chi connectivity index (χ2v) is 5.25. The Kier molecular flexibility index (Phi) is 3.58. The summed E-state index contributed by atoms with van der Waals surface area (Å²) in [5.74, 6) is -1.18. The SMILES string of the molecule is CC(C)(C)CC(C(=O)O)c1ccc(O)cc1. The summed E-state index contributed by atoms with van der Waals surface area (Å²) in [7, 11) is 0. The minimum Gasteiger partial charge on any atom is -0.508 e. The fourth-order valence-corrected chi connectivity index (χ4v) is 1.67. The summed E-state index contributed by atoms with van der Waals surface area (Å²) in [6.07, 6.45) is 0.576. The molecule has 1 rings (SSSR count). The lowest BCUT2D eigenvalue weighted by atomic mass is 9.81. The molecule has 1 aromatic carbocycles. The molecule has 0 aliphatic heterocycles. The van der Waals surface area contributed by atoms with E-state index >= 15 is 0 Å². The first-order valence-corrected chi connectivity index (χ1v) is 5.31.